The largest absolute Gasteiger partial charge is 0.481 e. The van der Waals surface area contributed by atoms with Crippen molar-refractivity contribution in [3.8, 4) is 0 Å². The summed E-state index contributed by atoms with van der Waals surface area (Å²) in [4.78, 5) is 98.3. The lowest BCUT2D eigenvalue weighted by Gasteiger charge is -2.30. The van der Waals surface area contributed by atoms with Gasteiger partial charge in [-0.05, 0) is 0 Å². The van der Waals surface area contributed by atoms with Crippen LogP contribution in [0.1, 0.15) is 39.8 Å². The van der Waals surface area contributed by atoms with Crippen LogP contribution in [0.3, 0.4) is 0 Å². The number of phosphoric acid groups is 3. The first-order chi connectivity index (χ1) is 26.7. The van der Waals surface area contributed by atoms with Crippen molar-refractivity contribution in [1.29, 1.82) is 0 Å². The molecule has 0 aromatic carbocycles. The molecule has 2 aromatic heterocycles. The molecule has 3 heterocycles. The number of fused-ring (bicyclic) bond motifs is 1. The van der Waals surface area contributed by atoms with Gasteiger partial charge in [0.15, 0.2) is 22.8 Å². The van der Waals surface area contributed by atoms with Gasteiger partial charge in [-0.2, -0.15) is 4.31 Å². The summed E-state index contributed by atoms with van der Waals surface area (Å²) in [6.07, 6.45) is -9.15. The summed E-state index contributed by atoms with van der Waals surface area (Å²) in [5.41, 5.74) is 4.17. The lowest BCUT2D eigenvalue weighted by molar-refractivity contribution is -0.140. The Kier molecular flexibility index (Phi) is 17.4. The van der Waals surface area contributed by atoms with Crippen LogP contribution in [0.5, 0.6) is 0 Å². The minimum Gasteiger partial charge on any atom is -0.481 e. The molecule has 58 heavy (non-hydrogen) atoms. The van der Waals surface area contributed by atoms with Crippen molar-refractivity contribution in [2.24, 2.45) is 11.3 Å². The average Bonchev–Trinajstić information content (AvgIpc) is 3.67. The van der Waals surface area contributed by atoms with Gasteiger partial charge in [0.05, 0.1) is 38.0 Å². The van der Waals surface area contributed by atoms with Gasteiger partial charge in [-0.25, -0.2) is 28.6 Å². The molecule has 0 aliphatic carbocycles. The van der Waals surface area contributed by atoms with Crippen LogP contribution in [-0.4, -0.2) is 145 Å². The number of thioether (sulfide) groups is 1. The number of aliphatic hydroxyl groups is 3. The van der Waals surface area contributed by atoms with E-state index in [1.165, 1.54) is 20.8 Å². The third-order valence-electron chi connectivity index (χ3n) is 8.08. The Balaban J connectivity index is 1.47. The Labute approximate surface area is 332 Å². The van der Waals surface area contributed by atoms with E-state index in [1.54, 1.807) is 0 Å². The zero-order valence-electron chi connectivity index (χ0n) is 30.7. The first-order valence-electron chi connectivity index (χ1n) is 16.7. The fourth-order valence-corrected chi connectivity index (χ4v) is 8.58. The number of aliphatic hydroxyl groups excluding tert-OH is 3. The van der Waals surface area contributed by atoms with Crippen LogP contribution < -0.4 is 16.4 Å². The number of imidazole rings is 1. The number of anilines is 1. The molecule has 31 heteroatoms. The molecule has 9 atom stereocenters. The topological polar surface area (TPSA) is 421 Å². The third kappa shape index (κ3) is 14.6. The molecule has 1 fully saturated rings. The summed E-state index contributed by atoms with van der Waals surface area (Å²) in [6.45, 7) is 1.46. The Hall–Kier alpha value is -3.01. The second kappa shape index (κ2) is 20.5. The van der Waals surface area contributed by atoms with E-state index in [0.717, 1.165) is 29.0 Å². The maximum Gasteiger partial charge on any atom is 0.481 e. The number of rotatable bonds is 23. The molecule has 0 bridgehead atoms. The molecule has 2 aromatic rings. The number of phosphoric ester groups is 3. The van der Waals surface area contributed by atoms with Crippen LogP contribution in [0, 0.1) is 11.3 Å². The second-order valence-corrected chi connectivity index (χ2v) is 18.5. The van der Waals surface area contributed by atoms with Gasteiger partial charge < -0.3 is 61.1 Å². The van der Waals surface area contributed by atoms with Crippen LogP contribution in [0.4, 0.5) is 5.82 Å². The van der Waals surface area contributed by atoms with Crippen LogP contribution in [-0.2, 0) is 55.5 Å². The van der Waals surface area contributed by atoms with Gasteiger partial charge in [0.1, 0.15) is 36.3 Å². The number of nitrogens with one attached hydrogen (secondary N) is 2. The monoisotopic (exact) mass is 911 g/mol. The third-order valence-corrected chi connectivity index (χ3v) is 12.2. The maximum atomic E-state index is 12.7. The first-order valence-corrected chi connectivity index (χ1v) is 22.2. The highest BCUT2D eigenvalue weighted by atomic mass is 32.2. The van der Waals surface area contributed by atoms with E-state index in [9.17, 15) is 67.8 Å². The maximum absolute atomic E-state index is 12.7. The SMILES string of the molecule is CC(C(=O)SCCNC(=O)CCNC(=O)C(O)C(C)(C)COP(=O)(O)OP(=O)(O)OCC1OC(n2cnc3c(N)ncnc32)C(O)C1OP(=O)(O)O)C(O)CC(=O)O. The fourth-order valence-electron chi connectivity index (χ4n) is 4.93. The summed E-state index contributed by atoms with van der Waals surface area (Å²) in [7, 11) is -16.5. The molecule has 1 aliphatic rings. The summed E-state index contributed by atoms with van der Waals surface area (Å²) < 4.78 is 62.0. The number of amides is 2. The van der Waals surface area contributed by atoms with Gasteiger partial charge in [0.2, 0.25) is 11.8 Å². The molecule has 9 unspecified atom stereocenters. The number of aliphatic carboxylic acids is 1. The number of ether oxygens (including phenoxy) is 1. The van der Waals surface area contributed by atoms with E-state index in [0.29, 0.717) is 0 Å². The summed E-state index contributed by atoms with van der Waals surface area (Å²) in [5.74, 6) is -3.75. The van der Waals surface area contributed by atoms with Crippen LogP contribution >= 0.6 is 35.2 Å². The fraction of sp³-hybridized carbons (Fsp3) is 0.667. The number of carboxylic acid groups (broad SMARTS) is 1. The number of carboxylic acids is 1. The summed E-state index contributed by atoms with van der Waals surface area (Å²) >= 11 is 0.781. The van der Waals surface area contributed by atoms with E-state index >= 15 is 0 Å². The molecule has 328 valence electrons. The number of nitrogens with two attached hydrogens (primary N) is 1. The smallest absolute Gasteiger partial charge is 0.481 e. The predicted octanol–water partition coefficient (Wildman–Crippen LogP) is -1.86. The van der Waals surface area contributed by atoms with Crippen molar-refractivity contribution in [3.63, 3.8) is 0 Å². The van der Waals surface area contributed by atoms with Crippen LogP contribution in [0.15, 0.2) is 12.7 Å². The normalized spacial score (nSPS) is 22.4. The van der Waals surface area contributed by atoms with E-state index in [4.69, 9.17) is 24.6 Å². The van der Waals surface area contributed by atoms with Crippen molar-refractivity contribution >= 4 is 75.1 Å². The molecule has 0 saturated carbocycles. The average molecular weight is 912 g/mol. The van der Waals surface area contributed by atoms with Crippen molar-refractivity contribution in [1.82, 2.24) is 30.2 Å². The standard InChI is InChI=1S/C27H44N7O20P3S/c1-13(14(35)8-17(37)38)26(42)58-7-6-29-16(36)4-5-30-24(41)21(40)27(2,3)10-51-57(48,49)54-56(46,47)50-9-15-20(53-55(43,44)45)19(39)25(52-15)34-12-33-18-22(28)31-11-32-23(18)34/h11-15,19-21,25,35,39-40H,4-10H2,1-3H3,(H,29,36)(H,30,41)(H,37,38)(H,46,47)(H,48,49)(H2,28,31,32)(H2,43,44,45). The zero-order valence-corrected chi connectivity index (χ0v) is 34.2. The van der Waals surface area contributed by atoms with E-state index in [2.05, 4.69) is 34.4 Å². The lowest BCUT2D eigenvalue weighted by Crippen LogP contribution is -2.46. The Morgan fingerprint density at radius 2 is 1.69 bits per heavy atom. The molecule has 27 nitrogen and oxygen atoms in total. The van der Waals surface area contributed by atoms with Crippen molar-refractivity contribution in [3.05, 3.63) is 12.7 Å². The number of hydrogen-bond acceptors (Lipinski definition) is 20. The highest BCUT2D eigenvalue weighted by molar-refractivity contribution is 8.13. The van der Waals surface area contributed by atoms with Crippen molar-refractivity contribution in [2.45, 2.75) is 70.4 Å². The lowest BCUT2D eigenvalue weighted by atomic mass is 9.87. The van der Waals surface area contributed by atoms with Crippen molar-refractivity contribution < 1.29 is 95.5 Å². The molecule has 3 rings (SSSR count). The molecular formula is C27H44N7O20P3S. The quantitative estimate of drug-likeness (QED) is 0.0430. The number of carbonyl (C=O) groups excluding carboxylic acids is 3. The van der Waals surface area contributed by atoms with Gasteiger partial charge >= 0.3 is 29.4 Å². The van der Waals surface area contributed by atoms with E-state index in [1.807, 2.05) is 0 Å². The molecule has 2 amide bonds. The Bertz CT molecular complexity index is 1930. The highest BCUT2D eigenvalue weighted by Crippen LogP contribution is 2.61. The van der Waals surface area contributed by atoms with Gasteiger partial charge in [0.25, 0.3) is 0 Å². The number of nitrogens with zero attached hydrogens (tertiary/aromatic N) is 4. The van der Waals surface area contributed by atoms with E-state index in [-0.39, 0.29) is 42.2 Å². The van der Waals surface area contributed by atoms with Crippen LogP contribution in [0.25, 0.3) is 11.2 Å². The van der Waals surface area contributed by atoms with Crippen molar-refractivity contribution in [2.75, 3.05) is 37.8 Å². The molecule has 1 aliphatic heterocycles. The van der Waals surface area contributed by atoms with Gasteiger partial charge in [-0.15, -0.1) is 0 Å². The summed E-state index contributed by atoms with van der Waals surface area (Å²) in [5, 5.41) is 44.2. The Morgan fingerprint density at radius 3 is 2.33 bits per heavy atom. The molecule has 1 saturated heterocycles. The zero-order chi connectivity index (χ0) is 43.8. The molecule has 0 spiro atoms. The second-order valence-electron chi connectivity index (χ2n) is 13.2. The first kappa shape index (κ1) is 49.4. The minimum atomic E-state index is -5.60. The van der Waals surface area contributed by atoms with Gasteiger partial charge in [-0.3, -0.25) is 37.3 Å². The number of carbonyl (C=O) groups is 4. The molecule has 0 radical (unpaired) electrons. The minimum absolute atomic E-state index is 0.0148. The molecular weight excluding hydrogens is 867 g/mol. The molecule has 12 N–H and O–H groups in total. The number of hydrogen-bond donors (Lipinski definition) is 11. The summed E-state index contributed by atoms with van der Waals surface area (Å²) in [6, 6.07) is 0. The number of aromatic nitrogens is 4. The van der Waals surface area contributed by atoms with E-state index < -0.39 is 114 Å². The van der Waals surface area contributed by atoms with Gasteiger partial charge in [0, 0.05) is 30.7 Å². The number of nitrogen functional groups attached to an aromatic ring is 1. The Morgan fingerprint density at radius 1 is 1.03 bits per heavy atom. The predicted molar refractivity (Wildman–Crippen MR) is 195 cm³/mol. The van der Waals surface area contributed by atoms with Crippen LogP contribution in [0.2, 0.25) is 0 Å². The van der Waals surface area contributed by atoms with Gasteiger partial charge in [-0.1, -0.05) is 32.5 Å². The highest BCUT2D eigenvalue weighted by Gasteiger charge is 2.50.